The number of hydrogen-bond donors (Lipinski definition) is 1. The van der Waals surface area contributed by atoms with Crippen LogP contribution in [0.1, 0.15) is 37.6 Å². The minimum Gasteiger partial charge on any atom is -0.382 e. The van der Waals surface area contributed by atoms with Crippen molar-refractivity contribution in [2.75, 3.05) is 40.0 Å². The molecule has 0 spiro atoms. The van der Waals surface area contributed by atoms with Gasteiger partial charge in [0.25, 0.3) is 5.91 Å². The normalized spacial score (nSPS) is 17.9. The van der Waals surface area contributed by atoms with Crippen LogP contribution in [0.5, 0.6) is 0 Å². The molecule has 0 aliphatic carbocycles. The second-order valence-corrected chi connectivity index (χ2v) is 10.0. The number of carbonyl (C=O) groups is 1. The van der Waals surface area contributed by atoms with Gasteiger partial charge in [0.15, 0.2) is 0 Å². The van der Waals surface area contributed by atoms with E-state index >= 15 is 0 Å². The first-order valence-corrected chi connectivity index (χ1v) is 11.1. The monoisotopic (exact) mass is 432 g/mol. The summed E-state index contributed by atoms with van der Waals surface area (Å²) in [6, 6.07) is 4.36. The number of rotatable bonds is 8. The predicted octanol–water partition coefficient (Wildman–Crippen LogP) is 2.54. The maximum atomic E-state index is 12.9. The highest BCUT2D eigenvalue weighted by Crippen LogP contribution is 2.26. The minimum atomic E-state index is -3.84. The fraction of sp³-hybridized carbons (Fsp3) is 0.632. The van der Waals surface area contributed by atoms with Crippen molar-refractivity contribution >= 4 is 27.5 Å². The van der Waals surface area contributed by atoms with E-state index in [-0.39, 0.29) is 21.7 Å². The van der Waals surface area contributed by atoms with E-state index in [0.717, 1.165) is 6.42 Å². The van der Waals surface area contributed by atoms with Gasteiger partial charge in [-0.25, -0.2) is 13.1 Å². The number of methoxy groups -OCH3 is 1. The van der Waals surface area contributed by atoms with Gasteiger partial charge in [0, 0.05) is 37.2 Å². The second-order valence-electron chi connectivity index (χ2n) is 7.97. The van der Waals surface area contributed by atoms with Crippen LogP contribution in [0, 0.1) is 5.92 Å². The number of benzene rings is 1. The van der Waals surface area contributed by atoms with Crippen molar-refractivity contribution in [3.05, 3.63) is 28.8 Å². The molecule has 1 aliphatic rings. The number of likely N-dealkylation sites (tertiary alicyclic amines) is 1. The fourth-order valence-corrected chi connectivity index (χ4v) is 4.97. The molecular formula is C19H29ClN2O5S. The molecule has 1 aromatic rings. The highest BCUT2D eigenvalue weighted by atomic mass is 35.5. The summed E-state index contributed by atoms with van der Waals surface area (Å²) in [5.41, 5.74) is -0.354. The van der Waals surface area contributed by atoms with Crippen LogP contribution >= 0.6 is 11.6 Å². The van der Waals surface area contributed by atoms with Gasteiger partial charge in [-0.2, -0.15) is 0 Å². The summed E-state index contributed by atoms with van der Waals surface area (Å²) < 4.78 is 38.3. The minimum absolute atomic E-state index is 0.0825. The maximum Gasteiger partial charge on any atom is 0.253 e. The number of halogens is 1. The predicted molar refractivity (Wildman–Crippen MR) is 108 cm³/mol. The van der Waals surface area contributed by atoms with E-state index in [1.807, 2.05) is 0 Å². The van der Waals surface area contributed by atoms with Crippen molar-refractivity contribution < 1.29 is 22.7 Å². The van der Waals surface area contributed by atoms with Crippen molar-refractivity contribution in [3.63, 3.8) is 0 Å². The Kier molecular flexibility index (Phi) is 7.87. The summed E-state index contributed by atoms with van der Waals surface area (Å²) in [6.07, 6.45) is 0.850. The molecule has 158 valence electrons. The van der Waals surface area contributed by atoms with E-state index in [2.05, 4.69) is 4.72 Å². The van der Waals surface area contributed by atoms with Crippen LogP contribution in [-0.4, -0.2) is 64.8 Å². The molecular weight excluding hydrogens is 404 g/mol. The van der Waals surface area contributed by atoms with Crippen LogP contribution < -0.4 is 4.72 Å². The van der Waals surface area contributed by atoms with Gasteiger partial charge in [0.05, 0.1) is 24.8 Å². The molecule has 1 heterocycles. The zero-order chi connectivity index (χ0) is 20.9. The summed E-state index contributed by atoms with van der Waals surface area (Å²) in [4.78, 5) is 14.5. The number of ether oxygens (including phenoxy) is 2. The largest absolute Gasteiger partial charge is 0.382 e. The summed E-state index contributed by atoms with van der Waals surface area (Å²) in [5, 5.41) is 0.0825. The van der Waals surface area contributed by atoms with Crippen LogP contribution in [0.4, 0.5) is 0 Å². The van der Waals surface area contributed by atoms with Gasteiger partial charge in [-0.3, -0.25) is 4.79 Å². The Hall–Kier alpha value is -1.19. The van der Waals surface area contributed by atoms with E-state index in [4.69, 9.17) is 21.1 Å². The molecule has 1 N–H and O–H groups in total. The smallest absolute Gasteiger partial charge is 0.253 e. The van der Waals surface area contributed by atoms with Gasteiger partial charge in [0.2, 0.25) is 10.0 Å². The molecule has 1 aliphatic heterocycles. The topological polar surface area (TPSA) is 84.9 Å². The molecule has 0 radical (unpaired) electrons. The van der Waals surface area contributed by atoms with Crippen molar-refractivity contribution in [1.82, 2.24) is 9.62 Å². The molecule has 1 fully saturated rings. The Balaban J connectivity index is 2.09. The van der Waals surface area contributed by atoms with Crippen LogP contribution in [0.15, 0.2) is 23.1 Å². The molecule has 1 aromatic carbocycles. The Bertz CT molecular complexity index is 792. The lowest BCUT2D eigenvalue weighted by Gasteiger charge is -2.21. The van der Waals surface area contributed by atoms with Crippen LogP contribution in [0.2, 0.25) is 5.02 Å². The fourth-order valence-electron chi connectivity index (χ4n) is 3.03. The number of nitrogens with one attached hydrogen (secondary N) is 1. The quantitative estimate of drug-likeness (QED) is 0.638. The first-order valence-electron chi connectivity index (χ1n) is 9.23. The van der Waals surface area contributed by atoms with Gasteiger partial charge in [0.1, 0.15) is 4.90 Å². The first kappa shape index (κ1) is 23.1. The number of carbonyl (C=O) groups excluding carboxylic acids is 1. The molecule has 1 amide bonds. The summed E-state index contributed by atoms with van der Waals surface area (Å²) in [6.45, 7) is 8.06. The van der Waals surface area contributed by atoms with Gasteiger partial charge in [-0.15, -0.1) is 0 Å². The second kappa shape index (κ2) is 9.54. The molecule has 0 aromatic heterocycles. The Morgan fingerprint density at radius 2 is 2.04 bits per heavy atom. The summed E-state index contributed by atoms with van der Waals surface area (Å²) in [7, 11) is -2.22. The first-order chi connectivity index (χ1) is 13.0. The average Bonchev–Trinajstić information content (AvgIpc) is 3.05. The third-order valence-electron chi connectivity index (χ3n) is 4.27. The molecule has 2 rings (SSSR count). The van der Waals surface area contributed by atoms with Crippen LogP contribution in [0.3, 0.4) is 0 Å². The molecule has 1 saturated heterocycles. The van der Waals surface area contributed by atoms with Gasteiger partial charge < -0.3 is 14.4 Å². The van der Waals surface area contributed by atoms with Crippen molar-refractivity contribution in [3.8, 4) is 0 Å². The lowest BCUT2D eigenvalue weighted by atomic mass is 10.1. The van der Waals surface area contributed by atoms with E-state index in [9.17, 15) is 13.2 Å². The van der Waals surface area contributed by atoms with Gasteiger partial charge in [-0.1, -0.05) is 11.6 Å². The highest BCUT2D eigenvalue weighted by molar-refractivity contribution is 7.89. The standard InChI is InChI=1S/C19H29ClN2O5S/c1-19(2,3)21-28(24,25)17-11-15(5-6-16(17)20)18(23)22-8-7-14(12-22)13-27-10-9-26-4/h5-6,11,14,21H,7-10,12-13H2,1-4H3/t14-/m0/s1. The molecule has 1 atom stereocenters. The third kappa shape index (κ3) is 6.42. The zero-order valence-corrected chi connectivity index (χ0v) is 18.4. The van der Waals surface area contributed by atoms with E-state index in [0.29, 0.717) is 38.5 Å². The molecule has 7 nitrogen and oxygen atoms in total. The molecule has 28 heavy (non-hydrogen) atoms. The number of nitrogens with zero attached hydrogens (tertiary/aromatic N) is 1. The van der Waals surface area contributed by atoms with Crippen molar-refractivity contribution in [2.45, 2.75) is 37.6 Å². The van der Waals surface area contributed by atoms with Gasteiger partial charge >= 0.3 is 0 Å². The SMILES string of the molecule is COCCOC[C@H]1CCN(C(=O)c2ccc(Cl)c(S(=O)(=O)NC(C)(C)C)c2)C1. The Morgan fingerprint density at radius 3 is 2.68 bits per heavy atom. The Morgan fingerprint density at radius 1 is 1.32 bits per heavy atom. The highest BCUT2D eigenvalue weighted by Gasteiger charge is 2.29. The number of sulfonamides is 1. The van der Waals surface area contributed by atoms with Gasteiger partial charge in [-0.05, 0) is 45.4 Å². The number of amides is 1. The van der Waals surface area contributed by atoms with Crippen LogP contribution in [-0.2, 0) is 19.5 Å². The van der Waals surface area contributed by atoms with E-state index in [1.165, 1.54) is 12.1 Å². The average molecular weight is 433 g/mol. The van der Waals surface area contributed by atoms with Crippen molar-refractivity contribution in [2.24, 2.45) is 5.92 Å². The lowest BCUT2D eigenvalue weighted by Crippen LogP contribution is -2.40. The number of hydrogen-bond acceptors (Lipinski definition) is 5. The summed E-state index contributed by atoms with van der Waals surface area (Å²) >= 11 is 6.11. The lowest BCUT2D eigenvalue weighted by molar-refractivity contribution is 0.0515. The van der Waals surface area contributed by atoms with E-state index in [1.54, 1.807) is 38.8 Å². The molecule has 0 saturated carbocycles. The molecule has 0 unspecified atom stereocenters. The summed E-state index contributed by atoms with van der Waals surface area (Å²) in [5.74, 6) is 0.0575. The maximum absolute atomic E-state index is 12.9. The molecule has 0 bridgehead atoms. The van der Waals surface area contributed by atoms with Crippen molar-refractivity contribution in [1.29, 1.82) is 0 Å². The molecule has 9 heteroatoms. The third-order valence-corrected chi connectivity index (χ3v) is 6.51. The van der Waals surface area contributed by atoms with Crippen LogP contribution in [0.25, 0.3) is 0 Å². The van der Waals surface area contributed by atoms with E-state index < -0.39 is 15.6 Å². The zero-order valence-electron chi connectivity index (χ0n) is 16.8. The Labute approximate surface area is 172 Å².